The molecule has 0 aliphatic heterocycles. The second kappa shape index (κ2) is 7.54. The molecule has 1 aliphatic carbocycles. The summed E-state index contributed by atoms with van der Waals surface area (Å²) in [6, 6.07) is 3.14. The Balaban J connectivity index is 1.91. The van der Waals surface area contributed by atoms with Crippen molar-refractivity contribution in [3.63, 3.8) is 0 Å². The van der Waals surface area contributed by atoms with Gasteiger partial charge >= 0.3 is 0 Å². The molecule has 2 N–H and O–H groups in total. The van der Waals surface area contributed by atoms with Crippen LogP contribution in [0.4, 0.5) is 8.78 Å². The Morgan fingerprint density at radius 2 is 2.10 bits per heavy atom. The molecule has 118 valence electrons. The average Bonchev–Trinajstić information content (AvgIpc) is 2.92. The van der Waals surface area contributed by atoms with Gasteiger partial charge in [0.2, 0.25) is 0 Å². The van der Waals surface area contributed by atoms with Gasteiger partial charge in [0.05, 0.1) is 6.54 Å². The maximum Gasteiger partial charge on any atom is 0.267 e. The fraction of sp³-hybridized carbons (Fsp3) is 0.667. The minimum Gasteiger partial charge on any atom is -0.396 e. The molecule has 1 heterocycles. The van der Waals surface area contributed by atoms with Crippen LogP contribution in [0, 0.1) is 11.8 Å². The van der Waals surface area contributed by atoms with E-state index in [1.807, 2.05) is 0 Å². The van der Waals surface area contributed by atoms with Crippen LogP contribution in [-0.2, 0) is 6.54 Å². The largest absolute Gasteiger partial charge is 0.396 e. The third-order valence-corrected chi connectivity index (χ3v) is 4.22. The molecule has 1 aromatic rings. The monoisotopic (exact) mass is 300 g/mol. The minimum absolute atomic E-state index is 0.141. The van der Waals surface area contributed by atoms with Crippen LogP contribution in [0.2, 0.25) is 0 Å². The highest BCUT2D eigenvalue weighted by Crippen LogP contribution is 2.29. The Labute approximate surface area is 123 Å². The van der Waals surface area contributed by atoms with E-state index in [2.05, 4.69) is 5.32 Å². The van der Waals surface area contributed by atoms with Crippen LogP contribution in [0.25, 0.3) is 0 Å². The van der Waals surface area contributed by atoms with Gasteiger partial charge in [0.25, 0.3) is 12.3 Å². The Morgan fingerprint density at radius 1 is 1.38 bits per heavy atom. The van der Waals surface area contributed by atoms with Gasteiger partial charge in [0, 0.05) is 19.3 Å². The van der Waals surface area contributed by atoms with E-state index in [0.717, 1.165) is 25.7 Å². The topological polar surface area (TPSA) is 54.3 Å². The number of alkyl halides is 2. The highest BCUT2D eigenvalue weighted by atomic mass is 19.3. The maximum absolute atomic E-state index is 12.4. The molecule has 2 atom stereocenters. The molecular weight excluding hydrogens is 278 g/mol. The van der Waals surface area contributed by atoms with Crippen LogP contribution >= 0.6 is 0 Å². The lowest BCUT2D eigenvalue weighted by atomic mass is 9.79. The second-order valence-corrected chi connectivity index (χ2v) is 5.63. The first-order chi connectivity index (χ1) is 10.1. The first-order valence-corrected chi connectivity index (χ1v) is 7.44. The van der Waals surface area contributed by atoms with E-state index < -0.39 is 13.0 Å². The molecule has 0 spiro atoms. The van der Waals surface area contributed by atoms with Crippen molar-refractivity contribution in [3.8, 4) is 0 Å². The summed E-state index contributed by atoms with van der Waals surface area (Å²) < 4.78 is 26.1. The lowest BCUT2D eigenvalue weighted by molar-refractivity contribution is 0.0888. The fourth-order valence-corrected chi connectivity index (χ4v) is 3.04. The highest BCUT2D eigenvalue weighted by Gasteiger charge is 2.25. The number of hydrogen-bond acceptors (Lipinski definition) is 2. The Morgan fingerprint density at radius 3 is 2.76 bits per heavy atom. The number of aliphatic hydroxyl groups excluding tert-OH is 1. The Hall–Kier alpha value is -1.43. The first kappa shape index (κ1) is 15.9. The van der Waals surface area contributed by atoms with Gasteiger partial charge in [-0.25, -0.2) is 8.78 Å². The van der Waals surface area contributed by atoms with E-state index in [1.165, 1.54) is 10.8 Å². The molecule has 0 saturated heterocycles. The zero-order chi connectivity index (χ0) is 15.2. The molecular formula is C15H22F2N2O2. The summed E-state index contributed by atoms with van der Waals surface area (Å²) in [4.78, 5) is 12.1. The molecule has 0 radical (unpaired) electrons. The molecule has 4 nitrogen and oxygen atoms in total. The molecule has 1 saturated carbocycles. The SMILES string of the molecule is O=C(NCC1CCCCC1CO)c1cccn1CC(F)F. The number of nitrogens with zero attached hydrogens (tertiary/aromatic N) is 1. The summed E-state index contributed by atoms with van der Waals surface area (Å²) in [6.07, 6.45) is 3.20. The molecule has 1 aromatic heterocycles. The molecule has 6 heteroatoms. The van der Waals surface area contributed by atoms with Crippen molar-refractivity contribution in [2.75, 3.05) is 13.2 Å². The van der Waals surface area contributed by atoms with Gasteiger partial charge in [-0.05, 0) is 36.8 Å². The molecule has 2 rings (SSSR count). The predicted octanol–water partition coefficient (Wildman–Crippen LogP) is 2.28. The number of aliphatic hydroxyl groups is 1. The molecule has 0 bridgehead atoms. The van der Waals surface area contributed by atoms with E-state index in [0.29, 0.717) is 6.54 Å². The number of carbonyl (C=O) groups excluding carboxylic acids is 1. The van der Waals surface area contributed by atoms with Crippen LogP contribution in [0.5, 0.6) is 0 Å². The van der Waals surface area contributed by atoms with Gasteiger partial charge in [-0.15, -0.1) is 0 Å². The highest BCUT2D eigenvalue weighted by molar-refractivity contribution is 5.92. The van der Waals surface area contributed by atoms with E-state index in [-0.39, 0.29) is 30.0 Å². The summed E-state index contributed by atoms with van der Waals surface area (Å²) in [7, 11) is 0. The summed E-state index contributed by atoms with van der Waals surface area (Å²) in [5.74, 6) is 0.168. The summed E-state index contributed by atoms with van der Waals surface area (Å²) >= 11 is 0. The molecule has 1 fully saturated rings. The number of hydrogen-bond donors (Lipinski definition) is 2. The van der Waals surface area contributed by atoms with Gasteiger partial charge in [0.15, 0.2) is 0 Å². The Kier molecular flexibility index (Phi) is 5.73. The maximum atomic E-state index is 12.4. The summed E-state index contributed by atoms with van der Waals surface area (Å²) in [6.45, 7) is 0.157. The van der Waals surface area contributed by atoms with E-state index in [4.69, 9.17) is 0 Å². The van der Waals surface area contributed by atoms with Crippen LogP contribution < -0.4 is 5.32 Å². The number of aromatic nitrogens is 1. The zero-order valence-electron chi connectivity index (χ0n) is 12.0. The number of rotatable bonds is 6. The van der Waals surface area contributed by atoms with Crippen molar-refractivity contribution in [1.82, 2.24) is 9.88 Å². The van der Waals surface area contributed by atoms with Crippen LogP contribution in [0.3, 0.4) is 0 Å². The smallest absolute Gasteiger partial charge is 0.267 e. The molecule has 0 aromatic carbocycles. The number of nitrogens with one attached hydrogen (secondary N) is 1. The van der Waals surface area contributed by atoms with Crippen molar-refractivity contribution in [3.05, 3.63) is 24.0 Å². The lowest BCUT2D eigenvalue weighted by Gasteiger charge is -2.30. The number of carbonyl (C=O) groups is 1. The zero-order valence-corrected chi connectivity index (χ0v) is 12.0. The van der Waals surface area contributed by atoms with E-state index >= 15 is 0 Å². The average molecular weight is 300 g/mol. The van der Waals surface area contributed by atoms with E-state index in [1.54, 1.807) is 12.1 Å². The van der Waals surface area contributed by atoms with Crippen molar-refractivity contribution in [2.24, 2.45) is 11.8 Å². The van der Waals surface area contributed by atoms with Gasteiger partial charge in [0.1, 0.15) is 5.69 Å². The quantitative estimate of drug-likeness (QED) is 0.847. The first-order valence-electron chi connectivity index (χ1n) is 7.44. The summed E-state index contributed by atoms with van der Waals surface area (Å²) in [5, 5.41) is 12.2. The minimum atomic E-state index is -2.49. The van der Waals surface area contributed by atoms with Crippen molar-refractivity contribution >= 4 is 5.91 Å². The normalized spacial score (nSPS) is 22.5. The second-order valence-electron chi connectivity index (χ2n) is 5.63. The van der Waals surface area contributed by atoms with Gasteiger partial charge in [-0.3, -0.25) is 4.79 Å². The van der Waals surface area contributed by atoms with Crippen LogP contribution in [-0.4, -0.2) is 35.2 Å². The number of halogens is 2. The molecule has 21 heavy (non-hydrogen) atoms. The van der Waals surface area contributed by atoms with Crippen molar-refractivity contribution in [2.45, 2.75) is 38.7 Å². The fourth-order valence-electron chi connectivity index (χ4n) is 3.04. The Bertz CT molecular complexity index is 462. The van der Waals surface area contributed by atoms with Crippen LogP contribution in [0.1, 0.15) is 36.2 Å². The predicted molar refractivity (Wildman–Crippen MR) is 75.3 cm³/mol. The van der Waals surface area contributed by atoms with Gasteiger partial charge in [-0.1, -0.05) is 12.8 Å². The van der Waals surface area contributed by atoms with Crippen molar-refractivity contribution < 1.29 is 18.7 Å². The van der Waals surface area contributed by atoms with Gasteiger partial charge in [-0.2, -0.15) is 0 Å². The number of amides is 1. The molecule has 1 aliphatic rings. The van der Waals surface area contributed by atoms with Crippen LogP contribution in [0.15, 0.2) is 18.3 Å². The lowest BCUT2D eigenvalue weighted by Crippen LogP contribution is -2.36. The molecule has 2 unspecified atom stereocenters. The van der Waals surface area contributed by atoms with Crippen molar-refractivity contribution in [1.29, 1.82) is 0 Å². The molecule has 1 amide bonds. The third-order valence-electron chi connectivity index (χ3n) is 4.22. The van der Waals surface area contributed by atoms with E-state index in [9.17, 15) is 18.7 Å². The third kappa shape index (κ3) is 4.27. The summed E-state index contributed by atoms with van der Waals surface area (Å²) in [5.41, 5.74) is 0.256. The van der Waals surface area contributed by atoms with Gasteiger partial charge < -0.3 is 15.0 Å². The standard InChI is InChI=1S/C15H22F2N2O2/c16-14(17)9-19-7-3-6-13(19)15(21)18-8-11-4-1-2-5-12(11)10-20/h3,6-7,11-12,14,20H,1-2,4-5,8-10H2,(H,18,21).